The van der Waals surface area contributed by atoms with Crippen LogP contribution >= 0.6 is 0 Å². The first kappa shape index (κ1) is 11.3. The van der Waals surface area contributed by atoms with Crippen molar-refractivity contribution in [3.05, 3.63) is 65.2 Å². The van der Waals surface area contributed by atoms with Crippen molar-refractivity contribution in [2.24, 2.45) is 0 Å². The zero-order valence-corrected chi connectivity index (χ0v) is 10.3. The summed E-state index contributed by atoms with van der Waals surface area (Å²) in [6.45, 7) is 2.07. The van der Waals surface area contributed by atoms with Crippen LogP contribution in [0.5, 0.6) is 5.75 Å². The minimum Gasteiger partial charge on any atom is -0.485 e. The molecule has 92 valence electrons. The minimum atomic E-state index is -0.444. The molecule has 2 atom stereocenters. The van der Waals surface area contributed by atoms with Crippen molar-refractivity contribution in [2.75, 3.05) is 0 Å². The number of rotatable bonds is 1. The van der Waals surface area contributed by atoms with Gasteiger partial charge in [0.1, 0.15) is 11.9 Å². The minimum absolute atomic E-state index is 0.0604. The Morgan fingerprint density at radius 3 is 2.78 bits per heavy atom. The molecule has 0 saturated heterocycles. The monoisotopic (exact) mass is 240 g/mol. The molecule has 1 aliphatic rings. The van der Waals surface area contributed by atoms with Crippen LogP contribution in [0.2, 0.25) is 0 Å². The van der Waals surface area contributed by atoms with Gasteiger partial charge in [0.25, 0.3) is 0 Å². The highest BCUT2D eigenvalue weighted by Gasteiger charge is 2.27. The summed E-state index contributed by atoms with van der Waals surface area (Å²) in [5.74, 6) is 0.794. The average Bonchev–Trinajstić information content (AvgIpc) is 2.39. The van der Waals surface area contributed by atoms with E-state index in [1.165, 1.54) is 5.56 Å². The number of aryl methyl sites for hydroxylation is 1. The standard InChI is InChI=1S/C16H16O2/c1-11-5-4-6-12(9-11)16-10-14(17)13-7-2-3-8-15(13)18-16/h2-9,14,16-17H,10H2,1H3/t14?,16-/m0/s1. The van der Waals surface area contributed by atoms with Gasteiger partial charge in [-0.25, -0.2) is 0 Å². The van der Waals surface area contributed by atoms with Gasteiger partial charge in [-0.15, -0.1) is 0 Å². The molecule has 0 bridgehead atoms. The van der Waals surface area contributed by atoms with Gasteiger partial charge in [0.2, 0.25) is 0 Å². The quantitative estimate of drug-likeness (QED) is 0.826. The second-order valence-electron chi connectivity index (χ2n) is 4.81. The highest BCUT2D eigenvalue weighted by molar-refractivity contribution is 5.38. The van der Waals surface area contributed by atoms with Crippen LogP contribution in [0.4, 0.5) is 0 Å². The summed E-state index contributed by atoms with van der Waals surface area (Å²) in [5.41, 5.74) is 3.23. The highest BCUT2D eigenvalue weighted by atomic mass is 16.5. The first-order valence-electron chi connectivity index (χ1n) is 6.24. The number of para-hydroxylation sites is 1. The third-order valence-corrected chi connectivity index (χ3v) is 3.40. The number of hydrogen-bond donors (Lipinski definition) is 1. The van der Waals surface area contributed by atoms with E-state index in [1.807, 2.05) is 30.3 Å². The Morgan fingerprint density at radius 1 is 1.11 bits per heavy atom. The fraction of sp³-hybridized carbons (Fsp3) is 0.250. The summed E-state index contributed by atoms with van der Waals surface area (Å²) in [4.78, 5) is 0. The molecular formula is C16H16O2. The Kier molecular flexibility index (Phi) is 2.80. The zero-order valence-electron chi connectivity index (χ0n) is 10.3. The lowest BCUT2D eigenvalue weighted by atomic mass is 9.94. The molecule has 2 heteroatoms. The van der Waals surface area contributed by atoms with E-state index in [0.29, 0.717) is 6.42 Å². The van der Waals surface area contributed by atoms with Crippen molar-refractivity contribution >= 4 is 0 Å². The van der Waals surface area contributed by atoms with Gasteiger partial charge >= 0.3 is 0 Å². The Labute approximate surface area is 107 Å². The number of benzene rings is 2. The number of fused-ring (bicyclic) bond motifs is 1. The summed E-state index contributed by atoms with van der Waals surface area (Å²) >= 11 is 0. The molecule has 3 rings (SSSR count). The van der Waals surface area contributed by atoms with E-state index in [0.717, 1.165) is 16.9 Å². The van der Waals surface area contributed by atoms with E-state index in [9.17, 15) is 5.11 Å². The van der Waals surface area contributed by atoms with Crippen molar-refractivity contribution in [3.8, 4) is 5.75 Å². The summed E-state index contributed by atoms with van der Waals surface area (Å²) in [5, 5.41) is 10.2. The Balaban J connectivity index is 1.94. The van der Waals surface area contributed by atoms with Gasteiger partial charge in [-0.05, 0) is 18.6 Å². The van der Waals surface area contributed by atoms with Crippen molar-refractivity contribution < 1.29 is 9.84 Å². The zero-order chi connectivity index (χ0) is 12.5. The van der Waals surface area contributed by atoms with Crippen molar-refractivity contribution in [1.29, 1.82) is 0 Å². The molecule has 0 radical (unpaired) electrons. The normalized spacial score (nSPS) is 22.1. The summed E-state index contributed by atoms with van der Waals surface area (Å²) in [7, 11) is 0. The predicted molar refractivity (Wildman–Crippen MR) is 70.6 cm³/mol. The van der Waals surface area contributed by atoms with Gasteiger partial charge in [-0.2, -0.15) is 0 Å². The van der Waals surface area contributed by atoms with Crippen molar-refractivity contribution in [1.82, 2.24) is 0 Å². The van der Waals surface area contributed by atoms with Gasteiger partial charge in [0.05, 0.1) is 6.10 Å². The molecule has 1 aliphatic heterocycles. The third kappa shape index (κ3) is 2.00. The van der Waals surface area contributed by atoms with Crippen LogP contribution in [0, 0.1) is 6.92 Å². The van der Waals surface area contributed by atoms with E-state index in [1.54, 1.807) is 0 Å². The van der Waals surface area contributed by atoms with Crippen LogP contribution in [-0.2, 0) is 0 Å². The van der Waals surface area contributed by atoms with E-state index in [2.05, 4.69) is 25.1 Å². The molecule has 2 nitrogen and oxygen atoms in total. The van der Waals surface area contributed by atoms with Gasteiger partial charge in [-0.3, -0.25) is 0 Å². The van der Waals surface area contributed by atoms with Gasteiger partial charge in [-0.1, -0.05) is 48.0 Å². The van der Waals surface area contributed by atoms with Crippen LogP contribution in [-0.4, -0.2) is 5.11 Å². The molecule has 1 heterocycles. The maximum atomic E-state index is 10.2. The fourth-order valence-electron chi connectivity index (χ4n) is 2.47. The number of aliphatic hydroxyl groups is 1. The molecule has 0 aromatic heterocycles. The highest BCUT2D eigenvalue weighted by Crippen LogP contribution is 2.40. The molecular weight excluding hydrogens is 224 g/mol. The molecule has 0 fully saturated rings. The number of ether oxygens (including phenoxy) is 1. The van der Waals surface area contributed by atoms with Gasteiger partial charge < -0.3 is 9.84 Å². The second-order valence-corrected chi connectivity index (χ2v) is 4.81. The average molecular weight is 240 g/mol. The summed E-state index contributed by atoms with van der Waals surface area (Å²) < 4.78 is 5.98. The van der Waals surface area contributed by atoms with Gasteiger partial charge in [0, 0.05) is 12.0 Å². The van der Waals surface area contributed by atoms with Crippen LogP contribution in [0.25, 0.3) is 0 Å². The lowest BCUT2D eigenvalue weighted by Gasteiger charge is -2.30. The van der Waals surface area contributed by atoms with Crippen molar-refractivity contribution in [2.45, 2.75) is 25.6 Å². The lowest BCUT2D eigenvalue weighted by Crippen LogP contribution is -2.18. The van der Waals surface area contributed by atoms with Gasteiger partial charge in [0.15, 0.2) is 0 Å². The van der Waals surface area contributed by atoms with E-state index < -0.39 is 6.10 Å². The molecule has 1 N–H and O–H groups in total. The molecule has 18 heavy (non-hydrogen) atoms. The van der Waals surface area contributed by atoms with Crippen LogP contribution in [0.3, 0.4) is 0 Å². The van der Waals surface area contributed by atoms with E-state index in [4.69, 9.17) is 4.74 Å². The molecule has 2 aromatic rings. The molecule has 0 spiro atoms. The van der Waals surface area contributed by atoms with Crippen LogP contribution < -0.4 is 4.74 Å². The predicted octanol–water partition coefficient (Wildman–Crippen LogP) is 3.55. The molecule has 0 aliphatic carbocycles. The van der Waals surface area contributed by atoms with E-state index >= 15 is 0 Å². The second kappa shape index (κ2) is 4.46. The molecule has 2 aromatic carbocycles. The first-order valence-corrected chi connectivity index (χ1v) is 6.24. The summed E-state index contributed by atoms with van der Waals surface area (Å²) in [6.07, 6.45) is 0.107. The maximum Gasteiger partial charge on any atom is 0.127 e. The largest absolute Gasteiger partial charge is 0.485 e. The third-order valence-electron chi connectivity index (χ3n) is 3.40. The Bertz CT molecular complexity index is 563. The molecule has 0 amide bonds. The topological polar surface area (TPSA) is 29.5 Å². The van der Waals surface area contributed by atoms with Crippen LogP contribution in [0.1, 0.15) is 35.3 Å². The smallest absolute Gasteiger partial charge is 0.127 e. The lowest BCUT2D eigenvalue weighted by molar-refractivity contribution is 0.0657. The fourth-order valence-corrected chi connectivity index (χ4v) is 2.47. The Hall–Kier alpha value is -1.80. The van der Waals surface area contributed by atoms with E-state index in [-0.39, 0.29) is 6.10 Å². The van der Waals surface area contributed by atoms with Crippen LogP contribution in [0.15, 0.2) is 48.5 Å². The van der Waals surface area contributed by atoms with Crippen molar-refractivity contribution in [3.63, 3.8) is 0 Å². The molecule has 0 saturated carbocycles. The maximum absolute atomic E-state index is 10.2. The number of hydrogen-bond acceptors (Lipinski definition) is 2. The Morgan fingerprint density at radius 2 is 1.94 bits per heavy atom. The molecule has 1 unspecified atom stereocenters. The summed E-state index contributed by atoms with van der Waals surface area (Å²) in [6, 6.07) is 16.0. The SMILES string of the molecule is Cc1cccc([C@@H]2CC(O)c3ccccc3O2)c1. The number of aliphatic hydroxyl groups excluding tert-OH is 1. The first-order chi connectivity index (χ1) is 8.74.